The Morgan fingerprint density at radius 1 is 1.00 bits per heavy atom. The number of hydrogen-bond donors (Lipinski definition) is 1. The lowest BCUT2D eigenvalue weighted by atomic mass is 10.3. The second-order valence-corrected chi connectivity index (χ2v) is 4.61. The quantitative estimate of drug-likeness (QED) is 0.697. The lowest BCUT2D eigenvalue weighted by Gasteiger charge is -2.00. The summed E-state index contributed by atoms with van der Waals surface area (Å²) < 4.78 is 6.79. The van der Waals surface area contributed by atoms with Gasteiger partial charge in [-0.05, 0) is 36.4 Å². The van der Waals surface area contributed by atoms with Gasteiger partial charge >= 0.3 is 0 Å². The van der Waals surface area contributed by atoms with Crippen molar-refractivity contribution in [1.82, 2.24) is 4.98 Å². The molecule has 0 amide bonds. The number of ether oxygens (including phenoxy) is 1. The van der Waals surface area contributed by atoms with Gasteiger partial charge in [-0.15, -0.1) is 0 Å². The number of thiazole rings is 1. The molecular formula is C13H10N2OS. The van der Waals surface area contributed by atoms with Crippen molar-refractivity contribution >= 4 is 27.2 Å². The summed E-state index contributed by atoms with van der Waals surface area (Å²) in [6, 6.07) is 15.3. The maximum absolute atomic E-state index is 5.67. The molecule has 1 heterocycles. The zero-order chi connectivity index (χ0) is 11.7. The van der Waals surface area contributed by atoms with Crippen LogP contribution in [0.3, 0.4) is 0 Å². The third-order valence-corrected chi connectivity index (χ3v) is 3.27. The summed E-state index contributed by atoms with van der Waals surface area (Å²) in [7, 11) is 0. The summed E-state index contributed by atoms with van der Waals surface area (Å²) in [5, 5.41) is 0.649. The number of benzene rings is 2. The van der Waals surface area contributed by atoms with Crippen molar-refractivity contribution < 1.29 is 4.74 Å². The molecule has 84 valence electrons. The molecule has 3 rings (SSSR count). The minimum absolute atomic E-state index is 0.649. The van der Waals surface area contributed by atoms with Crippen LogP contribution in [-0.4, -0.2) is 4.98 Å². The number of para-hydroxylation sites is 1. The van der Waals surface area contributed by atoms with Crippen LogP contribution in [0.2, 0.25) is 0 Å². The first-order chi connectivity index (χ1) is 8.31. The number of nitrogens with two attached hydrogens (primary N) is 1. The monoisotopic (exact) mass is 242 g/mol. The van der Waals surface area contributed by atoms with Gasteiger partial charge in [-0.3, -0.25) is 0 Å². The fraction of sp³-hybridized carbons (Fsp3) is 0. The van der Waals surface area contributed by atoms with Gasteiger partial charge in [0, 0.05) is 5.69 Å². The van der Waals surface area contributed by atoms with E-state index in [2.05, 4.69) is 4.98 Å². The van der Waals surface area contributed by atoms with Crippen LogP contribution in [0.4, 0.5) is 5.69 Å². The third kappa shape index (κ3) is 2.07. The van der Waals surface area contributed by atoms with Crippen LogP contribution in [0.25, 0.3) is 10.2 Å². The Kier molecular flexibility index (Phi) is 2.42. The van der Waals surface area contributed by atoms with E-state index in [1.807, 2.05) is 48.5 Å². The average molecular weight is 242 g/mol. The van der Waals surface area contributed by atoms with Gasteiger partial charge in [0.25, 0.3) is 5.19 Å². The van der Waals surface area contributed by atoms with Crippen molar-refractivity contribution in [3.63, 3.8) is 0 Å². The van der Waals surface area contributed by atoms with E-state index in [4.69, 9.17) is 10.5 Å². The molecule has 0 spiro atoms. The lowest BCUT2D eigenvalue weighted by molar-refractivity contribution is 0.480. The number of nitrogen functional groups attached to an aromatic ring is 1. The molecule has 17 heavy (non-hydrogen) atoms. The fourth-order valence-electron chi connectivity index (χ4n) is 1.53. The van der Waals surface area contributed by atoms with Crippen LogP contribution >= 0.6 is 11.3 Å². The first-order valence-corrected chi connectivity index (χ1v) is 6.02. The van der Waals surface area contributed by atoms with E-state index in [1.165, 1.54) is 11.3 Å². The van der Waals surface area contributed by atoms with Gasteiger partial charge < -0.3 is 10.5 Å². The summed E-state index contributed by atoms with van der Waals surface area (Å²) in [6.07, 6.45) is 0. The standard InChI is InChI=1S/C13H10N2OS/c14-9-5-7-10(8-6-9)16-13-15-11-3-1-2-4-12(11)17-13/h1-8H,14H2. The van der Waals surface area contributed by atoms with Crippen LogP contribution in [0.1, 0.15) is 0 Å². The van der Waals surface area contributed by atoms with Crippen molar-refractivity contribution in [2.24, 2.45) is 0 Å². The van der Waals surface area contributed by atoms with Gasteiger partial charge in [0.05, 0.1) is 10.2 Å². The molecule has 0 radical (unpaired) electrons. The van der Waals surface area contributed by atoms with Crippen LogP contribution in [0.15, 0.2) is 48.5 Å². The average Bonchev–Trinajstić information content (AvgIpc) is 2.74. The summed E-state index contributed by atoms with van der Waals surface area (Å²) >= 11 is 1.53. The number of rotatable bonds is 2. The molecule has 2 N–H and O–H groups in total. The molecule has 0 aliphatic heterocycles. The Bertz CT molecular complexity index is 613. The molecule has 0 fully saturated rings. The molecule has 0 aliphatic rings. The zero-order valence-corrected chi connectivity index (χ0v) is 9.78. The smallest absolute Gasteiger partial charge is 0.279 e. The summed E-state index contributed by atoms with van der Waals surface area (Å²) in [6.45, 7) is 0. The molecular weight excluding hydrogens is 232 g/mol. The minimum Gasteiger partial charge on any atom is -0.431 e. The number of hydrogen-bond acceptors (Lipinski definition) is 4. The summed E-state index contributed by atoms with van der Waals surface area (Å²) in [5.74, 6) is 0.748. The van der Waals surface area contributed by atoms with Crippen LogP contribution in [0.5, 0.6) is 10.9 Å². The highest BCUT2D eigenvalue weighted by molar-refractivity contribution is 7.20. The largest absolute Gasteiger partial charge is 0.431 e. The molecule has 0 bridgehead atoms. The second kappa shape index (κ2) is 4.07. The number of nitrogens with zero attached hydrogens (tertiary/aromatic N) is 1. The molecule has 0 atom stereocenters. The van der Waals surface area contributed by atoms with Crippen molar-refractivity contribution in [3.8, 4) is 10.9 Å². The van der Waals surface area contributed by atoms with E-state index in [-0.39, 0.29) is 0 Å². The maximum atomic E-state index is 5.67. The van der Waals surface area contributed by atoms with E-state index < -0.39 is 0 Å². The zero-order valence-electron chi connectivity index (χ0n) is 8.96. The first-order valence-electron chi connectivity index (χ1n) is 5.20. The van der Waals surface area contributed by atoms with Crippen molar-refractivity contribution in [2.45, 2.75) is 0 Å². The van der Waals surface area contributed by atoms with Gasteiger partial charge in [-0.2, -0.15) is 0 Å². The molecule has 0 saturated heterocycles. The molecule has 1 aromatic heterocycles. The van der Waals surface area contributed by atoms with Gasteiger partial charge in [-0.25, -0.2) is 4.98 Å². The van der Waals surface area contributed by atoms with E-state index in [0.717, 1.165) is 21.7 Å². The SMILES string of the molecule is Nc1ccc(Oc2nc3ccccc3s2)cc1. The molecule has 0 aliphatic carbocycles. The van der Waals surface area contributed by atoms with Crippen LogP contribution in [-0.2, 0) is 0 Å². The Morgan fingerprint density at radius 3 is 2.53 bits per heavy atom. The minimum atomic E-state index is 0.649. The van der Waals surface area contributed by atoms with Crippen molar-refractivity contribution in [2.75, 3.05) is 5.73 Å². The first kappa shape index (κ1) is 10.1. The molecule has 3 nitrogen and oxygen atoms in total. The van der Waals surface area contributed by atoms with E-state index in [0.29, 0.717) is 5.19 Å². The summed E-state index contributed by atoms with van der Waals surface area (Å²) in [4.78, 5) is 4.40. The Morgan fingerprint density at radius 2 is 1.76 bits per heavy atom. The topological polar surface area (TPSA) is 48.1 Å². The predicted octanol–water partition coefficient (Wildman–Crippen LogP) is 3.67. The Hall–Kier alpha value is -2.07. The molecule has 2 aromatic carbocycles. The van der Waals surface area contributed by atoms with Gasteiger partial charge in [-0.1, -0.05) is 23.5 Å². The van der Waals surface area contributed by atoms with Crippen LogP contribution in [0, 0.1) is 0 Å². The Balaban J connectivity index is 1.92. The van der Waals surface area contributed by atoms with E-state index >= 15 is 0 Å². The lowest BCUT2D eigenvalue weighted by Crippen LogP contribution is -1.85. The second-order valence-electron chi connectivity index (χ2n) is 3.62. The van der Waals surface area contributed by atoms with E-state index in [1.54, 1.807) is 0 Å². The highest BCUT2D eigenvalue weighted by Crippen LogP contribution is 2.31. The highest BCUT2D eigenvalue weighted by atomic mass is 32.1. The third-order valence-electron chi connectivity index (χ3n) is 2.36. The number of fused-ring (bicyclic) bond motifs is 1. The van der Waals surface area contributed by atoms with Crippen molar-refractivity contribution in [1.29, 1.82) is 0 Å². The maximum Gasteiger partial charge on any atom is 0.279 e. The van der Waals surface area contributed by atoms with Gasteiger partial charge in [0.2, 0.25) is 0 Å². The van der Waals surface area contributed by atoms with E-state index in [9.17, 15) is 0 Å². The molecule has 0 unspecified atom stereocenters. The highest BCUT2D eigenvalue weighted by Gasteiger charge is 2.04. The van der Waals surface area contributed by atoms with Crippen molar-refractivity contribution in [3.05, 3.63) is 48.5 Å². The number of aromatic nitrogens is 1. The molecule has 3 aromatic rings. The predicted molar refractivity (Wildman–Crippen MR) is 70.5 cm³/mol. The molecule has 4 heteroatoms. The molecule has 0 saturated carbocycles. The Labute approximate surface area is 102 Å². The normalized spacial score (nSPS) is 10.6. The van der Waals surface area contributed by atoms with Gasteiger partial charge in [0.15, 0.2) is 0 Å². The number of anilines is 1. The summed E-state index contributed by atoms with van der Waals surface area (Å²) in [5.41, 5.74) is 7.30. The fourth-order valence-corrected chi connectivity index (χ4v) is 2.37. The van der Waals surface area contributed by atoms with Gasteiger partial charge in [0.1, 0.15) is 5.75 Å². The van der Waals surface area contributed by atoms with Crippen LogP contribution < -0.4 is 10.5 Å².